The molecule has 2 aromatic rings. The van der Waals surface area contributed by atoms with E-state index >= 15 is 0 Å². The average molecular weight is 291 g/mol. The molecule has 5 nitrogen and oxygen atoms in total. The summed E-state index contributed by atoms with van der Waals surface area (Å²) in [7, 11) is 0. The molecular weight excluding hydrogens is 274 g/mol. The maximum absolute atomic E-state index is 9.48. The Bertz CT molecular complexity index is 576. The summed E-state index contributed by atoms with van der Waals surface area (Å²) in [5.41, 5.74) is 0.697. The Balaban J connectivity index is 1.60. The van der Waals surface area contributed by atoms with E-state index in [0.29, 0.717) is 5.56 Å². The van der Waals surface area contributed by atoms with E-state index in [1.807, 2.05) is 0 Å². The molecule has 1 aliphatic carbocycles. The lowest BCUT2D eigenvalue weighted by molar-refractivity contribution is 0.451. The number of benzene rings is 1. The van der Waals surface area contributed by atoms with Crippen molar-refractivity contribution in [3.8, 4) is 22.1 Å². The molecule has 0 unspecified atom stereocenters. The first-order valence-electron chi connectivity index (χ1n) is 6.80. The molecule has 106 valence electrons. The SMILES string of the molecule is Oc1cc(O)cc(-c2nnc(CCCNC3CC3)s2)c1. The number of aromatic hydroxyl groups is 2. The van der Waals surface area contributed by atoms with Gasteiger partial charge in [0.15, 0.2) is 0 Å². The number of aromatic nitrogens is 2. The zero-order valence-electron chi connectivity index (χ0n) is 11.0. The minimum Gasteiger partial charge on any atom is -0.508 e. The van der Waals surface area contributed by atoms with Gasteiger partial charge in [-0.05, 0) is 37.9 Å². The summed E-state index contributed by atoms with van der Waals surface area (Å²) in [5, 5.41) is 32.4. The van der Waals surface area contributed by atoms with Crippen molar-refractivity contribution in [2.45, 2.75) is 31.7 Å². The van der Waals surface area contributed by atoms with Crippen LogP contribution in [0.5, 0.6) is 11.5 Å². The third-order valence-corrected chi connectivity index (χ3v) is 4.23. The van der Waals surface area contributed by atoms with Crippen LogP contribution >= 0.6 is 11.3 Å². The monoisotopic (exact) mass is 291 g/mol. The molecule has 1 heterocycles. The molecule has 3 rings (SSSR count). The molecule has 1 aliphatic rings. The normalized spacial score (nSPS) is 14.6. The highest BCUT2D eigenvalue weighted by atomic mass is 32.1. The molecule has 3 N–H and O–H groups in total. The van der Waals surface area contributed by atoms with Crippen molar-refractivity contribution in [2.75, 3.05) is 6.54 Å². The van der Waals surface area contributed by atoms with Crippen molar-refractivity contribution in [1.82, 2.24) is 15.5 Å². The van der Waals surface area contributed by atoms with Crippen LogP contribution in [0.1, 0.15) is 24.3 Å². The van der Waals surface area contributed by atoms with Gasteiger partial charge in [0.05, 0.1) is 0 Å². The summed E-state index contributed by atoms with van der Waals surface area (Å²) >= 11 is 1.51. The second kappa shape index (κ2) is 5.76. The highest BCUT2D eigenvalue weighted by molar-refractivity contribution is 7.14. The summed E-state index contributed by atoms with van der Waals surface area (Å²) in [6.07, 6.45) is 4.58. The molecule has 20 heavy (non-hydrogen) atoms. The van der Waals surface area contributed by atoms with Crippen molar-refractivity contribution in [2.24, 2.45) is 0 Å². The molecule has 0 saturated heterocycles. The largest absolute Gasteiger partial charge is 0.508 e. The average Bonchev–Trinajstić information content (AvgIpc) is 3.10. The molecule has 1 aromatic carbocycles. The number of nitrogens with zero attached hydrogens (tertiary/aromatic N) is 2. The first-order chi connectivity index (χ1) is 9.70. The van der Waals surface area contributed by atoms with Crippen LogP contribution in [-0.2, 0) is 6.42 Å². The zero-order valence-corrected chi connectivity index (χ0v) is 11.9. The second-order valence-electron chi connectivity index (χ2n) is 5.07. The van der Waals surface area contributed by atoms with Gasteiger partial charge in [-0.15, -0.1) is 10.2 Å². The van der Waals surface area contributed by atoms with E-state index in [9.17, 15) is 10.2 Å². The van der Waals surface area contributed by atoms with Crippen molar-refractivity contribution >= 4 is 11.3 Å². The van der Waals surface area contributed by atoms with Crippen LogP contribution in [0.4, 0.5) is 0 Å². The number of nitrogens with one attached hydrogen (secondary N) is 1. The third-order valence-electron chi connectivity index (χ3n) is 3.19. The van der Waals surface area contributed by atoms with Crippen molar-refractivity contribution in [3.63, 3.8) is 0 Å². The van der Waals surface area contributed by atoms with E-state index in [2.05, 4.69) is 15.5 Å². The Morgan fingerprint density at radius 1 is 1.15 bits per heavy atom. The molecule has 1 aromatic heterocycles. The molecule has 0 bridgehead atoms. The lowest BCUT2D eigenvalue weighted by Gasteiger charge is -2.00. The Labute approximate surface area is 121 Å². The predicted octanol–water partition coefficient (Wildman–Crippen LogP) is 2.30. The van der Waals surface area contributed by atoms with Gasteiger partial charge in [-0.25, -0.2) is 0 Å². The molecule has 0 spiro atoms. The molecule has 6 heteroatoms. The van der Waals surface area contributed by atoms with Crippen LogP contribution in [0.15, 0.2) is 18.2 Å². The van der Waals surface area contributed by atoms with Gasteiger partial charge in [-0.3, -0.25) is 0 Å². The molecule has 0 atom stereocenters. The van der Waals surface area contributed by atoms with Crippen molar-refractivity contribution in [3.05, 3.63) is 23.2 Å². The number of phenols is 2. The first kappa shape index (κ1) is 13.3. The summed E-state index contributed by atoms with van der Waals surface area (Å²) in [6.45, 7) is 1.02. The van der Waals surface area contributed by atoms with Crippen LogP contribution in [0.25, 0.3) is 10.6 Å². The fraction of sp³-hybridized carbons (Fsp3) is 0.429. The Hall–Kier alpha value is -1.66. The van der Waals surface area contributed by atoms with Gasteiger partial charge in [0.2, 0.25) is 0 Å². The van der Waals surface area contributed by atoms with Crippen LogP contribution in [-0.4, -0.2) is 33.0 Å². The maximum atomic E-state index is 9.48. The standard InChI is InChI=1S/C14H17N3O2S/c18-11-6-9(7-12(19)8-11)14-17-16-13(20-14)2-1-5-15-10-3-4-10/h6-8,10,15,18-19H,1-5H2. The molecule has 1 fully saturated rings. The van der Waals surface area contributed by atoms with E-state index in [-0.39, 0.29) is 11.5 Å². The summed E-state index contributed by atoms with van der Waals surface area (Å²) in [5.74, 6) is 0.0655. The Kier molecular flexibility index (Phi) is 3.84. The van der Waals surface area contributed by atoms with Gasteiger partial charge in [0, 0.05) is 24.1 Å². The fourth-order valence-corrected chi connectivity index (χ4v) is 2.89. The van der Waals surface area contributed by atoms with Crippen LogP contribution in [0.3, 0.4) is 0 Å². The smallest absolute Gasteiger partial charge is 0.148 e. The minimum absolute atomic E-state index is 0.0328. The zero-order chi connectivity index (χ0) is 13.9. The predicted molar refractivity (Wildman–Crippen MR) is 78.0 cm³/mol. The van der Waals surface area contributed by atoms with Crippen LogP contribution in [0, 0.1) is 0 Å². The van der Waals surface area contributed by atoms with Gasteiger partial charge in [0.1, 0.15) is 21.5 Å². The van der Waals surface area contributed by atoms with E-state index in [4.69, 9.17) is 0 Å². The number of rotatable bonds is 6. The summed E-state index contributed by atoms with van der Waals surface area (Å²) < 4.78 is 0. The lowest BCUT2D eigenvalue weighted by Crippen LogP contribution is -2.17. The topological polar surface area (TPSA) is 78.3 Å². The Morgan fingerprint density at radius 2 is 1.90 bits per heavy atom. The fourth-order valence-electron chi connectivity index (χ4n) is 2.02. The number of hydrogen-bond donors (Lipinski definition) is 3. The van der Waals surface area contributed by atoms with Crippen molar-refractivity contribution < 1.29 is 10.2 Å². The maximum Gasteiger partial charge on any atom is 0.148 e. The van der Waals surface area contributed by atoms with Gasteiger partial charge in [-0.2, -0.15) is 0 Å². The molecule has 0 radical (unpaired) electrons. The quantitative estimate of drug-likeness (QED) is 0.712. The molecule has 1 saturated carbocycles. The number of phenolic OH excluding ortho intramolecular Hbond substituents is 2. The third kappa shape index (κ3) is 3.46. The minimum atomic E-state index is 0.0328. The van der Waals surface area contributed by atoms with Crippen molar-refractivity contribution in [1.29, 1.82) is 0 Å². The number of aryl methyl sites for hydroxylation is 1. The summed E-state index contributed by atoms with van der Waals surface area (Å²) in [6, 6.07) is 5.21. The second-order valence-corrected chi connectivity index (χ2v) is 6.13. The number of hydrogen-bond acceptors (Lipinski definition) is 6. The van der Waals surface area contributed by atoms with E-state index < -0.39 is 0 Å². The highest BCUT2D eigenvalue weighted by Crippen LogP contribution is 2.30. The molecular formula is C14H17N3O2S. The lowest BCUT2D eigenvalue weighted by atomic mass is 10.2. The molecule has 0 amide bonds. The Morgan fingerprint density at radius 3 is 2.60 bits per heavy atom. The van der Waals surface area contributed by atoms with E-state index in [0.717, 1.165) is 35.4 Å². The summed E-state index contributed by atoms with van der Waals surface area (Å²) in [4.78, 5) is 0. The van der Waals surface area contributed by atoms with Gasteiger partial charge < -0.3 is 15.5 Å². The van der Waals surface area contributed by atoms with E-state index in [1.54, 1.807) is 12.1 Å². The van der Waals surface area contributed by atoms with Crippen LogP contribution < -0.4 is 5.32 Å². The van der Waals surface area contributed by atoms with Gasteiger partial charge in [-0.1, -0.05) is 11.3 Å². The highest BCUT2D eigenvalue weighted by Gasteiger charge is 2.19. The van der Waals surface area contributed by atoms with Gasteiger partial charge >= 0.3 is 0 Å². The van der Waals surface area contributed by atoms with E-state index in [1.165, 1.54) is 30.2 Å². The first-order valence-corrected chi connectivity index (χ1v) is 7.61. The van der Waals surface area contributed by atoms with Gasteiger partial charge in [0.25, 0.3) is 0 Å². The van der Waals surface area contributed by atoms with Crippen LogP contribution in [0.2, 0.25) is 0 Å². The molecule has 0 aliphatic heterocycles.